The van der Waals surface area contributed by atoms with Gasteiger partial charge in [0.15, 0.2) is 0 Å². The molecule has 1 aliphatic carbocycles. The summed E-state index contributed by atoms with van der Waals surface area (Å²) < 4.78 is 0. The first kappa shape index (κ1) is 10.3. The van der Waals surface area contributed by atoms with Crippen molar-refractivity contribution < 1.29 is 9.59 Å². The number of nitrogens with one attached hydrogen (secondary N) is 2. The van der Waals surface area contributed by atoms with Crippen molar-refractivity contribution >= 4 is 11.8 Å². The van der Waals surface area contributed by atoms with Gasteiger partial charge < -0.3 is 10.6 Å². The number of piperazine rings is 1. The molecule has 1 saturated heterocycles. The smallest absolute Gasteiger partial charge is 0.309 e. The molecule has 1 atom stereocenters. The zero-order valence-corrected chi connectivity index (χ0v) is 9.45. The van der Waals surface area contributed by atoms with Crippen LogP contribution in [0.4, 0.5) is 0 Å². The zero-order chi connectivity index (χ0) is 11.8. The minimum absolute atomic E-state index is 0.0916. The minimum atomic E-state index is -0.540. The zero-order valence-electron chi connectivity index (χ0n) is 9.45. The molecule has 0 bridgehead atoms. The van der Waals surface area contributed by atoms with Crippen LogP contribution in [-0.2, 0) is 22.4 Å². The number of fused-ring (bicyclic) bond motifs is 1. The number of amides is 2. The Balaban J connectivity index is 1.85. The van der Waals surface area contributed by atoms with Crippen molar-refractivity contribution in [1.29, 1.82) is 0 Å². The van der Waals surface area contributed by atoms with Gasteiger partial charge in [0.05, 0.1) is 6.04 Å². The summed E-state index contributed by atoms with van der Waals surface area (Å²) in [5.41, 5.74) is 3.88. The molecule has 1 aromatic rings. The largest absolute Gasteiger partial charge is 0.345 e. The third kappa shape index (κ3) is 1.79. The van der Waals surface area contributed by atoms with Crippen LogP contribution in [0, 0.1) is 0 Å². The normalized spacial score (nSPS) is 22.9. The van der Waals surface area contributed by atoms with E-state index in [9.17, 15) is 9.59 Å². The standard InChI is InChI=1S/C13H14N2O2/c16-12-13(17)15-11(7-14-12)10-5-4-8-2-1-3-9(8)6-10/h4-6,11H,1-3,7H2,(H,14,16)(H,15,17). The van der Waals surface area contributed by atoms with E-state index in [2.05, 4.69) is 22.8 Å². The molecule has 2 N–H and O–H groups in total. The van der Waals surface area contributed by atoms with Gasteiger partial charge in [-0.3, -0.25) is 9.59 Å². The number of carbonyl (C=O) groups excluding carboxylic acids is 2. The second kappa shape index (κ2) is 3.87. The Labute approximate surface area is 99.4 Å². The summed E-state index contributed by atoms with van der Waals surface area (Å²) in [6.07, 6.45) is 3.49. The third-order valence-corrected chi connectivity index (χ3v) is 3.50. The van der Waals surface area contributed by atoms with Crippen LogP contribution in [0.5, 0.6) is 0 Å². The maximum absolute atomic E-state index is 11.3. The SMILES string of the molecule is O=C1NCC(c2ccc3c(c2)CCC3)NC1=O. The predicted molar refractivity (Wildman–Crippen MR) is 62.4 cm³/mol. The van der Waals surface area contributed by atoms with Crippen molar-refractivity contribution in [2.75, 3.05) is 6.54 Å². The van der Waals surface area contributed by atoms with E-state index in [1.54, 1.807) is 0 Å². The summed E-state index contributed by atoms with van der Waals surface area (Å²) >= 11 is 0. The molecule has 0 radical (unpaired) electrons. The molecule has 0 aromatic heterocycles. The van der Waals surface area contributed by atoms with Crippen molar-refractivity contribution in [2.24, 2.45) is 0 Å². The number of rotatable bonds is 1. The molecule has 17 heavy (non-hydrogen) atoms. The van der Waals surface area contributed by atoms with Gasteiger partial charge in [0.2, 0.25) is 0 Å². The highest BCUT2D eigenvalue weighted by molar-refractivity contribution is 6.35. The Morgan fingerprint density at radius 2 is 1.88 bits per heavy atom. The summed E-state index contributed by atoms with van der Waals surface area (Å²) in [6, 6.07) is 6.25. The number of hydrogen-bond donors (Lipinski definition) is 2. The first-order chi connectivity index (χ1) is 8.24. The molecule has 1 aliphatic heterocycles. The van der Waals surface area contributed by atoms with Gasteiger partial charge in [0, 0.05) is 6.54 Å². The Bertz CT molecular complexity index is 496. The van der Waals surface area contributed by atoms with Crippen molar-refractivity contribution in [3.8, 4) is 0 Å². The van der Waals surface area contributed by atoms with Crippen molar-refractivity contribution in [1.82, 2.24) is 10.6 Å². The van der Waals surface area contributed by atoms with Crippen LogP contribution in [0.2, 0.25) is 0 Å². The fraction of sp³-hybridized carbons (Fsp3) is 0.385. The maximum Gasteiger partial charge on any atom is 0.309 e. The molecular weight excluding hydrogens is 216 g/mol. The second-order valence-electron chi connectivity index (χ2n) is 4.62. The van der Waals surface area contributed by atoms with E-state index >= 15 is 0 Å². The van der Waals surface area contributed by atoms with E-state index in [0.717, 1.165) is 18.4 Å². The van der Waals surface area contributed by atoms with Gasteiger partial charge in [-0.25, -0.2) is 0 Å². The van der Waals surface area contributed by atoms with Gasteiger partial charge in [-0.05, 0) is 36.0 Å². The topological polar surface area (TPSA) is 58.2 Å². The van der Waals surface area contributed by atoms with E-state index < -0.39 is 11.8 Å². The Morgan fingerprint density at radius 3 is 2.71 bits per heavy atom. The summed E-state index contributed by atoms with van der Waals surface area (Å²) in [4.78, 5) is 22.3. The molecule has 1 fully saturated rings. The molecule has 4 heteroatoms. The lowest BCUT2D eigenvalue weighted by Gasteiger charge is -2.24. The number of hydrogen-bond acceptors (Lipinski definition) is 2. The summed E-state index contributed by atoms with van der Waals surface area (Å²) in [7, 11) is 0. The van der Waals surface area contributed by atoms with Gasteiger partial charge in [0.25, 0.3) is 0 Å². The number of carbonyl (C=O) groups is 2. The second-order valence-corrected chi connectivity index (χ2v) is 4.62. The molecule has 4 nitrogen and oxygen atoms in total. The molecule has 2 aliphatic rings. The Hall–Kier alpha value is -1.84. The highest BCUT2D eigenvalue weighted by Crippen LogP contribution is 2.25. The van der Waals surface area contributed by atoms with Gasteiger partial charge in [-0.1, -0.05) is 18.2 Å². The lowest BCUT2D eigenvalue weighted by molar-refractivity contribution is -0.141. The van der Waals surface area contributed by atoms with Gasteiger partial charge in [0.1, 0.15) is 0 Å². The van der Waals surface area contributed by atoms with Crippen molar-refractivity contribution in [3.63, 3.8) is 0 Å². The van der Waals surface area contributed by atoms with E-state index in [-0.39, 0.29) is 6.04 Å². The maximum atomic E-state index is 11.3. The molecular formula is C13H14N2O2. The Morgan fingerprint density at radius 1 is 1.06 bits per heavy atom. The predicted octanol–water partition coefficient (Wildman–Crippen LogP) is 0.462. The van der Waals surface area contributed by atoms with Crippen LogP contribution < -0.4 is 10.6 Å². The quantitative estimate of drug-likeness (QED) is 0.689. The number of benzene rings is 1. The van der Waals surface area contributed by atoms with E-state index in [0.29, 0.717) is 6.54 Å². The van der Waals surface area contributed by atoms with Gasteiger partial charge in [-0.15, -0.1) is 0 Å². The molecule has 1 heterocycles. The molecule has 0 saturated carbocycles. The average Bonchev–Trinajstić information content (AvgIpc) is 2.79. The van der Waals surface area contributed by atoms with Crippen LogP contribution in [-0.4, -0.2) is 18.4 Å². The van der Waals surface area contributed by atoms with E-state index in [4.69, 9.17) is 0 Å². The van der Waals surface area contributed by atoms with Crippen molar-refractivity contribution in [2.45, 2.75) is 25.3 Å². The monoisotopic (exact) mass is 230 g/mol. The van der Waals surface area contributed by atoms with Crippen LogP contribution in [0.15, 0.2) is 18.2 Å². The van der Waals surface area contributed by atoms with Gasteiger partial charge >= 0.3 is 11.8 Å². The third-order valence-electron chi connectivity index (χ3n) is 3.50. The Kier molecular flexibility index (Phi) is 2.35. The van der Waals surface area contributed by atoms with Crippen LogP contribution in [0.3, 0.4) is 0 Å². The molecule has 3 rings (SSSR count). The summed E-state index contributed by atoms with van der Waals surface area (Å²) in [5, 5.41) is 5.32. The van der Waals surface area contributed by atoms with Crippen LogP contribution >= 0.6 is 0 Å². The number of aryl methyl sites for hydroxylation is 2. The lowest BCUT2D eigenvalue weighted by atomic mass is 10.00. The highest BCUT2D eigenvalue weighted by Gasteiger charge is 2.26. The highest BCUT2D eigenvalue weighted by atomic mass is 16.2. The van der Waals surface area contributed by atoms with E-state index in [1.165, 1.54) is 17.5 Å². The average molecular weight is 230 g/mol. The molecule has 1 aromatic carbocycles. The van der Waals surface area contributed by atoms with Crippen LogP contribution in [0.1, 0.15) is 29.2 Å². The van der Waals surface area contributed by atoms with E-state index in [1.807, 2.05) is 6.07 Å². The first-order valence-electron chi connectivity index (χ1n) is 5.94. The van der Waals surface area contributed by atoms with Crippen molar-refractivity contribution in [3.05, 3.63) is 34.9 Å². The fourth-order valence-corrected chi connectivity index (χ4v) is 2.56. The summed E-state index contributed by atoms with van der Waals surface area (Å²) in [5.74, 6) is -1.08. The minimum Gasteiger partial charge on any atom is -0.345 e. The van der Waals surface area contributed by atoms with Gasteiger partial charge in [-0.2, -0.15) is 0 Å². The molecule has 1 unspecified atom stereocenters. The van der Waals surface area contributed by atoms with Crippen LogP contribution in [0.25, 0.3) is 0 Å². The molecule has 88 valence electrons. The fourth-order valence-electron chi connectivity index (χ4n) is 2.56. The first-order valence-corrected chi connectivity index (χ1v) is 5.94. The molecule has 2 amide bonds. The molecule has 0 spiro atoms. The summed E-state index contributed by atoms with van der Waals surface area (Å²) in [6.45, 7) is 0.476. The lowest BCUT2D eigenvalue weighted by Crippen LogP contribution is -2.51.